The Morgan fingerprint density at radius 1 is 0.935 bits per heavy atom. The molecule has 0 fully saturated rings. The highest BCUT2D eigenvalue weighted by molar-refractivity contribution is 6.33. The quantitative estimate of drug-likeness (QED) is 0.551. The van der Waals surface area contributed by atoms with Gasteiger partial charge >= 0.3 is 0 Å². The first-order valence-corrected chi connectivity index (χ1v) is 9.70. The fourth-order valence-corrected chi connectivity index (χ4v) is 3.45. The van der Waals surface area contributed by atoms with Crippen molar-refractivity contribution in [2.24, 2.45) is 4.99 Å². The summed E-state index contributed by atoms with van der Waals surface area (Å²) in [6.07, 6.45) is 1.65. The van der Waals surface area contributed by atoms with Crippen LogP contribution in [0, 0.1) is 12.7 Å². The predicted molar refractivity (Wildman–Crippen MR) is 119 cm³/mol. The molecule has 1 amide bonds. The molecule has 5 nitrogen and oxygen atoms in total. The Balaban J connectivity index is 1.84. The lowest BCUT2D eigenvalue weighted by atomic mass is 10.1. The second kappa shape index (κ2) is 8.44. The van der Waals surface area contributed by atoms with E-state index in [-0.39, 0.29) is 23.0 Å². The van der Waals surface area contributed by atoms with Gasteiger partial charge in [-0.15, -0.1) is 0 Å². The number of carbonyl (C=O) groups is 1. The van der Waals surface area contributed by atoms with Crippen LogP contribution in [0.25, 0.3) is 6.08 Å². The van der Waals surface area contributed by atoms with E-state index in [0.717, 1.165) is 5.56 Å². The van der Waals surface area contributed by atoms with Gasteiger partial charge in [0.15, 0.2) is 17.3 Å². The van der Waals surface area contributed by atoms with Crippen LogP contribution in [0.4, 0.5) is 10.1 Å². The van der Waals surface area contributed by atoms with E-state index in [1.54, 1.807) is 62.8 Å². The molecule has 0 bridgehead atoms. The van der Waals surface area contributed by atoms with Gasteiger partial charge in [-0.2, -0.15) is 0 Å². The number of hydrogen-bond acceptors (Lipinski definition) is 4. The molecular weight excluding hydrogens is 395 g/mol. The summed E-state index contributed by atoms with van der Waals surface area (Å²) in [6, 6.07) is 19.1. The number of amidine groups is 1. The average Bonchev–Trinajstić information content (AvgIpc) is 3.09. The normalized spacial score (nSPS) is 14.7. The monoisotopic (exact) mass is 416 g/mol. The number of carbonyl (C=O) groups excluding carboxylic acids is 1. The van der Waals surface area contributed by atoms with Crippen molar-refractivity contribution >= 4 is 23.5 Å². The van der Waals surface area contributed by atoms with E-state index in [0.29, 0.717) is 22.7 Å². The third kappa shape index (κ3) is 3.92. The highest BCUT2D eigenvalue weighted by Crippen LogP contribution is 2.32. The molecule has 1 aliphatic rings. The number of amides is 1. The molecule has 1 aliphatic heterocycles. The summed E-state index contributed by atoms with van der Waals surface area (Å²) in [5, 5.41) is 0. The number of benzene rings is 3. The number of rotatable bonds is 5. The van der Waals surface area contributed by atoms with Crippen LogP contribution < -0.4 is 14.4 Å². The van der Waals surface area contributed by atoms with Gasteiger partial charge in [-0.05, 0) is 60.5 Å². The molecule has 4 rings (SSSR count). The summed E-state index contributed by atoms with van der Waals surface area (Å²) in [6.45, 7) is 1.93. The summed E-state index contributed by atoms with van der Waals surface area (Å²) in [5.41, 5.74) is 2.78. The van der Waals surface area contributed by atoms with Gasteiger partial charge in [0.2, 0.25) is 0 Å². The molecular formula is C25H21FN2O3. The number of anilines is 1. The van der Waals surface area contributed by atoms with Crippen LogP contribution in [0.3, 0.4) is 0 Å². The molecule has 156 valence electrons. The first-order valence-electron chi connectivity index (χ1n) is 9.70. The van der Waals surface area contributed by atoms with E-state index in [1.165, 1.54) is 11.0 Å². The molecule has 0 aromatic heterocycles. The van der Waals surface area contributed by atoms with Crippen LogP contribution in [0.5, 0.6) is 11.5 Å². The van der Waals surface area contributed by atoms with E-state index < -0.39 is 5.82 Å². The molecule has 0 radical (unpaired) electrons. The average molecular weight is 416 g/mol. The SMILES string of the molecule is COc1ccc(/C=C2/N=C(c3ccccc3F)N(c3cccc(C)c3)C2=O)cc1OC. The number of methoxy groups -OCH3 is 2. The topological polar surface area (TPSA) is 51.1 Å². The van der Waals surface area contributed by atoms with Crippen LogP contribution in [0.15, 0.2) is 77.4 Å². The summed E-state index contributed by atoms with van der Waals surface area (Å²) in [7, 11) is 3.10. The highest BCUT2D eigenvalue weighted by atomic mass is 19.1. The molecule has 6 heteroatoms. The summed E-state index contributed by atoms with van der Waals surface area (Å²) in [4.78, 5) is 19.3. The van der Waals surface area contributed by atoms with E-state index in [4.69, 9.17) is 9.47 Å². The lowest BCUT2D eigenvalue weighted by Gasteiger charge is -2.19. The molecule has 0 saturated heterocycles. The number of nitrogens with zero attached hydrogens (tertiary/aromatic N) is 2. The van der Waals surface area contributed by atoms with Crippen LogP contribution >= 0.6 is 0 Å². The maximum Gasteiger partial charge on any atom is 0.282 e. The van der Waals surface area contributed by atoms with Crippen LogP contribution in [0.1, 0.15) is 16.7 Å². The van der Waals surface area contributed by atoms with Crippen molar-refractivity contribution in [1.29, 1.82) is 0 Å². The zero-order chi connectivity index (χ0) is 22.0. The molecule has 0 N–H and O–H groups in total. The minimum atomic E-state index is -0.445. The first-order chi connectivity index (χ1) is 15.0. The third-order valence-corrected chi connectivity index (χ3v) is 4.95. The highest BCUT2D eigenvalue weighted by Gasteiger charge is 2.33. The Morgan fingerprint density at radius 2 is 1.71 bits per heavy atom. The summed E-state index contributed by atoms with van der Waals surface area (Å²) in [5.74, 6) is 0.591. The van der Waals surface area contributed by atoms with Crippen LogP contribution in [-0.2, 0) is 4.79 Å². The number of hydrogen-bond donors (Lipinski definition) is 0. The molecule has 3 aromatic carbocycles. The van der Waals surface area contributed by atoms with E-state index in [1.807, 2.05) is 25.1 Å². The third-order valence-electron chi connectivity index (χ3n) is 4.95. The van der Waals surface area contributed by atoms with Crippen molar-refractivity contribution in [3.05, 3.63) is 94.9 Å². The van der Waals surface area contributed by atoms with Crippen molar-refractivity contribution < 1.29 is 18.7 Å². The molecule has 3 aromatic rings. The summed E-state index contributed by atoms with van der Waals surface area (Å²) >= 11 is 0. The smallest absolute Gasteiger partial charge is 0.282 e. The Morgan fingerprint density at radius 3 is 2.42 bits per heavy atom. The van der Waals surface area contributed by atoms with Gasteiger partial charge in [0.05, 0.1) is 25.5 Å². The van der Waals surface area contributed by atoms with Crippen molar-refractivity contribution in [3.63, 3.8) is 0 Å². The molecule has 0 aliphatic carbocycles. The number of aliphatic imine (C=N–C) groups is 1. The number of aryl methyl sites for hydroxylation is 1. The van der Waals surface area contributed by atoms with Gasteiger partial charge in [0, 0.05) is 0 Å². The van der Waals surface area contributed by atoms with Gasteiger partial charge in [0.1, 0.15) is 11.5 Å². The largest absolute Gasteiger partial charge is 0.493 e. The second-order valence-corrected chi connectivity index (χ2v) is 7.04. The van der Waals surface area contributed by atoms with Gasteiger partial charge in [-0.25, -0.2) is 9.38 Å². The minimum absolute atomic E-state index is 0.201. The molecule has 0 atom stereocenters. The van der Waals surface area contributed by atoms with E-state index in [9.17, 15) is 9.18 Å². The fourth-order valence-electron chi connectivity index (χ4n) is 3.45. The Labute approximate surface area is 180 Å². The maximum atomic E-state index is 14.6. The Kier molecular flexibility index (Phi) is 5.54. The van der Waals surface area contributed by atoms with Gasteiger partial charge in [-0.1, -0.05) is 30.3 Å². The van der Waals surface area contributed by atoms with Crippen molar-refractivity contribution in [2.75, 3.05) is 19.1 Å². The predicted octanol–water partition coefficient (Wildman–Crippen LogP) is 4.99. The lowest BCUT2D eigenvalue weighted by molar-refractivity contribution is -0.113. The Bertz CT molecular complexity index is 1220. The van der Waals surface area contributed by atoms with E-state index in [2.05, 4.69) is 4.99 Å². The zero-order valence-electron chi connectivity index (χ0n) is 17.4. The number of ether oxygens (including phenoxy) is 2. The minimum Gasteiger partial charge on any atom is -0.493 e. The van der Waals surface area contributed by atoms with Gasteiger partial charge in [-0.3, -0.25) is 9.69 Å². The van der Waals surface area contributed by atoms with Gasteiger partial charge in [0.25, 0.3) is 5.91 Å². The fraction of sp³-hybridized carbons (Fsp3) is 0.120. The maximum absolute atomic E-state index is 14.6. The molecule has 0 spiro atoms. The van der Waals surface area contributed by atoms with Crippen LogP contribution in [0.2, 0.25) is 0 Å². The summed E-state index contributed by atoms with van der Waals surface area (Å²) < 4.78 is 25.2. The van der Waals surface area contributed by atoms with E-state index >= 15 is 0 Å². The van der Waals surface area contributed by atoms with Gasteiger partial charge < -0.3 is 9.47 Å². The standard InChI is InChI=1S/C25H21FN2O3/c1-16-7-6-8-18(13-16)28-24(19-9-4-5-10-20(19)26)27-21(25(28)29)14-17-11-12-22(30-2)23(15-17)31-3/h4-15H,1-3H3/b21-14+. The number of halogens is 1. The second-order valence-electron chi connectivity index (χ2n) is 7.04. The lowest BCUT2D eigenvalue weighted by Crippen LogP contribution is -2.33. The molecule has 1 heterocycles. The first kappa shape index (κ1) is 20.3. The molecule has 0 saturated carbocycles. The zero-order valence-corrected chi connectivity index (χ0v) is 17.4. The Hall–Kier alpha value is -3.93. The van der Waals surface area contributed by atoms with Crippen molar-refractivity contribution in [1.82, 2.24) is 0 Å². The van der Waals surface area contributed by atoms with Crippen molar-refractivity contribution in [3.8, 4) is 11.5 Å². The van der Waals surface area contributed by atoms with Crippen molar-refractivity contribution in [2.45, 2.75) is 6.92 Å². The molecule has 0 unspecified atom stereocenters. The van der Waals surface area contributed by atoms with Crippen LogP contribution in [-0.4, -0.2) is 26.0 Å². The molecule has 31 heavy (non-hydrogen) atoms.